The Morgan fingerprint density at radius 2 is 1.83 bits per heavy atom. The second-order valence-electron chi connectivity index (χ2n) is 8.95. The SMILES string of the molecule is CN=C(NCCCCCN1CCCCC1)NCC1CCCOC1c1ccc(C)cc1. The van der Waals surface area contributed by atoms with Crippen LogP contribution in [-0.4, -0.2) is 57.2 Å². The lowest BCUT2D eigenvalue weighted by Gasteiger charge is -2.32. The zero-order chi connectivity index (χ0) is 21.0. The Morgan fingerprint density at radius 3 is 2.60 bits per heavy atom. The van der Waals surface area contributed by atoms with Gasteiger partial charge in [0.1, 0.15) is 0 Å². The quantitative estimate of drug-likeness (QED) is 0.360. The van der Waals surface area contributed by atoms with Crippen molar-refractivity contribution in [2.24, 2.45) is 10.9 Å². The van der Waals surface area contributed by atoms with E-state index in [4.69, 9.17) is 4.74 Å². The van der Waals surface area contributed by atoms with Crippen LogP contribution in [0.2, 0.25) is 0 Å². The summed E-state index contributed by atoms with van der Waals surface area (Å²) in [7, 11) is 1.86. The molecule has 2 heterocycles. The summed E-state index contributed by atoms with van der Waals surface area (Å²) >= 11 is 0. The number of likely N-dealkylation sites (tertiary alicyclic amines) is 1. The summed E-state index contributed by atoms with van der Waals surface area (Å²) in [6.45, 7) is 8.77. The Bertz CT molecular complexity index is 625. The molecule has 0 aromatic heterocycles. The van der Waals surface area contributed by atoms with Crippen LogP contribution in [0.4, 0.5) is 0 Å². The molecule has 2 aliphatic rings. The maximum atomic E-state index is 6.15. The summed E-state index contributed by atoms with van der Waals surface area (Å²) in [5.74, 6) is 1.39. The van der Waals surface area contributed by atoms with Crippen LogP contribution in [-0.2, 0) is 4.74 Å². The van der Waals surface area contributed by atoms with Crippen LogP contribution >= 0.6 is 0 Å². The molecule has 2 aliphatic heterocycles. The predicted molar refractivity (Wildman–Crippen MR) is 126 cm³/mol. The van der Waals surface area contributed by atoms with Crippen LogP contribution in [0.1, 0.15) is 68.6 Å². The van der Waals surface area contributed by atoms with E-state index in [1.165, 1.54) is 75.7 Å². The van der Waals surface area contributed by atoms with Crippen molar-refractivity contribution in [3.63, 3.8) is 0 Å². The molecule has 2 N–H and O–H groups in total. The van der Waals surface area contributed by atoms with E-state index in [1.807, 2.05) is 7.05 Å². The molecular weight excluding hydrogens is 372 g/mol. The minimum absolute atomic E-state index is 0.180. The smallest absolute Gasteiger partial charge is 0.190 e. The van der Waals surface area contributed by atoms with Gasteiger partial charge in [0.05, 0.1) is 6.10 Å². The lowest BCUT2D eigenvalue weighted by Crippen LogP contribution is -2.42. The predicted octanol–water partition coefficient (Wildman–Crippen LogP) is 4.28. The molecule has 0 spiro atoms. The van der Waals surface area contributed by atoms with Gasteiger partial charge in [-0.3, -0.25) is 4.99 Å². The van der Waals surface area contributed by atoms with E-state index < -0.39 is 0 Å². The first kappa shape index (κ1) is 23.1. The first-order chi connectivity index (χ1) is 14.8. The second kappa shape index (κ2) is 13.0. The number of piperidine rings is 1. The monoisotopic (exact) mass is 414 g/mol. The fourth-order valence-corrected chi connectivity index (χ4v) is 4.65. The van der Waals surface area contributed by atoms with Crippen LogP contribution in [0.25, 0.3) is 0 Å². The molecular formula is C25H42N4O. The maximum Gasteiger partial charge on any atom is 0.190 e. The number of nitrogens with zero attached hydrogens (tertiary/aromatic N) is 2. The van der Waals surface area contributed by atoms with Crippen molar-refractivity contribution in [3.05, 3.63) is 35.4 Å². The van der Waals surface area contributed by atoms with E-state index in [0.29, 0.717) is 5.92 Å². The molecule has 2 fully saturated rings. The fraction of sp³-hybridized carbons (Fsp3) is 0.720. The molecule has 0 saturated carbocycles. The summed E-state index contributed by atoms with van der Waals surface area (Å²) in [5.41, 5.74) is 2.59. The molecule has 0 aliphatic carbocycles. The Labute approximate surface area is 183 Å². The molecule has 1 aromatic carbocycles. The van der Waals surface area contributed by atoms with E-state index in [9.17, 15) is 0 Å². The third-order valence-electron chi connectivity index (χ3n) is 6.50. The van der Waals surface area contributed by atoms with Crippen molar-refractivity contribution in [2.45, 2.75) is 64.4 Å². The number of hydrogen-bond donors (Lipinski definition) is 2. The molecule has 0 amide bonds. The topological polar surface area (TPSA) is 48.9 Å². The van der Waals surface area contributed by atoms with E-state index in [0.717, 1.165) is 32.1 Å². The third kappa shape index (κ3) is 7.59. The number of benzene rings is 1. The lowest BCUT2D eigenvalue weighted by atomic mass is 9.89. The van der Waals surface area contributed by atoms with Gasteiger partial charge in [0.25, 0.3) is 0 Å². The first-order valence-corrected chi connectivity index (χ1v) is 12.1. The van der Waals surface area contributed by atoms with Gasteiger partial charge in [-0.2, -0.15) is 0 Å². The third-order valence-corrected chi connectivity index (χ3v) is 6.50. The number of unbranched alkanes of at least 4 members (excludes halogenated alkanes) is 2. The van der Waals surface area contributed by atoms with Crippen LogP contribution in [0.5, 0.6) is 0 Å². The van der Waals surface area contributed by atoms with Gasteiger partial charge in [-0.1, -0.05) is 42.7 Å². The lowest BCUT2D eigenvalue weighted by molar-refractivity contribution is -0.0265. The minimum Gasteiger partial charge on any atom is -0.373 e. The van der Waals surface area contributed by atoms with Crippen molar-refractivity contribution < 1.29 is 4.74 Å². The van der Waals surface area contributed by atoms with Gasteiger partial charge in [0.15, 0.2) is 5.96 Å². The van der Waals surface area contributed by atoms with Crippen molar-refractivity contribution in [1.82, 2.24) is 15.5 Å². The molecule has 2 unspecified atom stereocenters. The molecule has 2 atom stereocenters. The van der Waals surface area contributed by atoms with Gasteiger partial charge in [0, 0.05) is 32.7 Å². The summed E-state index contributed by atoms with van der Waals surface area (Å²) in [5, 5.41) is 7.04. The van der Waals surface area contributed by atoms with Gasteiger partial charge in [-0.05, 0) is 70.6 Å². The van der Waals surface area contributed by atoms with Crippen molar-refractivity contribution >= 4 is 5.96 Å². The second-order valence-corrected chi connectivity index (χ2v) is 8.95. The molecule has 1 aromatic rings. The molecule has 5 heteroatoms. The van der Waals surface area contributed by atoms with Crippen LogP contribution in [0, 0.1) is 12.8 Å². The van der Waals surface area contributed by atoms with Gasteiger partial charge in [0.2, 0.25) is 0 Å². The number of rotatable bonds is 9. The minimum atomic E-state index is 0.180. The Balaban J connectivity index is 1.34. The molecule has 0 bridgehead atoms. The Morgan fingerprint density at radius 1 is 1.03 bits per heavy atom. The van der Waals surface area contributed by atoms with E-state index in [-0.39, 0.29) is 6.10 Å². The number of hydrogen-bond acceptors (Lipinski definition) is 3. The highest BCUT2D eigenvalue weighted by atomic mass is 16.5. The van der Waals surface area contributed by atoms with E-state index in [1.54, 1.807) is 0 Å². The highest BCUT2D eigenvalue weighted by Gasteiger charge is 2.27. The number of guanidine groups is 1. The van der Waals surface area contributed by atoms with Gasteiger partial charge < -0.3 is 20.3 Å². The molecule has 2 saturated heterocycles. The number of aryl methyl sites for hydroxylation is 1. The molecule has 0 radical (unpaired) electrons. The van der Waals surface area contributed by atoms with Crippen molar-refractivity contribution in [2.75, 3.05) is 46.4 Å². The van der Waals surface area contributed by atoms with Gasteiger partial charge >= 0.3 is 0 Å². The first-order valence-electron chi connectivity index (χ1n) is 12.1. The largest absolute Gasteiger partial charge is 0.373 e. The number of ether oxygens (including phenoxy) is 1. The zero-order valence-corrected chi connectivity index (χ0v) is 19.2. The summed E-state index contributed by atoms with van der Waals surface area (Å²) in [6, 6.07) is 8.80. The molecule has 168 valence electrons. The summed E-state index contributed by atoms with van der Waals surface area (Å²) in [4.78, 5) is 7.05. The maximum absolute atomic E-state index is 6.15. The molecule has 30 heavy (non-hydrogen) atoms. The van der Waals surface area contributed by atoms with Crippen LogP contribution in [0.3, 0.4) is 0 Å². The van der Waals surface area contributed by atoms with Gasteiger partial charge in [-0.15, -0.1) is 0 Å². The normalized spacial score (nSPS) is 23.3. The highest BCUT2D eigenvalue weighted by molar-refractivity contribution is 5.79. The zero-order valence-electron chi connectivity index (χ0n) is 19.2. The average molecular weight is 415 g/mol. The van der Waals surface area contributed by atoms with E-state index >= 15 is 0 Å². The van der Waals surface area contributed by atoms with Crippen LogP contribution in [0.15, 0.2) is 29.3 Å². The Hall–Kier alpha value is -1.59. The van der Waals surface area contributed by atoms with E-state index in [2.05, 4.69) is 51.7 Å². The fourth-order valence-electron chi connectivity index (χ4n) is 4.65. The standard InChI is InChI=1S/C25H42N4O/c1-21-11-13-22(14-12-21)24-23(10-9-19-30-24)20-28-25(26-2)27-15-5-3-6-16-29-17-7-4-8-18-29/h11-14,23-24H,3-10,15-20H2,1-2H3,(H2,26,27,28). The highest BCUT2D eigenvalue weighted by Crippen LogP contribution is 2.33. The van der Waals surface area contributed by atoms with Gasteiger partial charge in [-0.25, -0.2) is 0 Å². The number of aliphatic imine (C=N–C) groups is 1. The molecule has 5 nitrogen and oxygen atoms in total. The summed E-state index contributed by atoms with van der Waals surface area (Å²) in [6.07, 6.45) is 10.5. The van der Waals surface area contributed by atoms with Crippen LogP contribution < -0.4 is 10.6 Å². The van der Waals surface area contributed by atoms with Crippen molar-refractivity contribution in [1.29, 1.82) is 0 Å². The van der Waals surface area contributed by atoms with Crippen molar-refractivity contribution in [3.8, 4) is 0 Å². The number of nitrogens with one attached hydrogen (secondary N) is 2. The Kier molecular flexibility index (Phi) is 9.97. The molecule has 3 rings (SSSR count). The summed E-state index contributed by atoms with van der Waals surface area (Å²) < 4.78 is 6.15. The average Bonchev–Trinajstić information content (AvgIpc) is 2.79.